The van der Waals surface area contributed by atoms with E-state index in [0.29, 0.717) is 21.1 Å². The minimum atomic E-state index is -0.531. The van der Waals surface area contributed by atoms with Crippen molar-refractivity contribution in [2.75, 3.05) is 5.32 Å². The van der Waals surface area contributed by atoms with Crippen molar-refractivity contribution in [1.29, 1.82) is 0 Å². The number of carbonyl (C=O) groups is 1. The van der Waals surface area contributed by atoms with Crippen LogP contribution in [0.1, 0.15) is 6.92 Å². The fraction of sp³-hybridized carbons (Fsp3) is 0.188. The Morgan fingerprint density at radius 2 is 2.20 bits per heavy atom. The molecule has 1 atom stereocenters. The molecule has 0 aliphatic heterocycles. The zero-order chi connectivity index (χ0) is 18.1. The monoisotopic (exact) mass is 397 g/mol. The summed E-state index contributed by atoms with van der Waals surface area (Å²) in [4.78, 5) is 29.7. The molecule has 1 N–H and O–H groups in total. The molecule has 0 bridgehead atoms. The number of fused-ring (bicyclic) bond motifs is 1. The van der Waals surface area contributed by atoms with Gasteiger partial charge in [-0.1, -0.05) is 23.4 Å². The van der Waals surface area contributed by atoms with Crippen LogP contribution in [0.4, 0.5) is 10.1 Å². The van der Waals surface area contributed by atoms with Crippen molar-refractivity contribution in [1.82, 2.24) is 9.55 Å². The summed E-state index contributed by atoms with van der Waals surface area (Å²) in [5, 5.41) is 5.06. The molecule has 2 aromatic heterocycles. The van der Waals surface area contributed by atoms with Crippen LogP contribution in [0.25, 0.3) is 10.2 Å². The highest BCUT2D eigenvalue weighted by atomic mass is 35.5. The first-order valence-electron chi connectivity index (χ1n) is 7.23. The van der Waals surface area contributed by atoms with E-state index in [2.05, 4.69) is 10.3 Å². The average molecular weight is 398 g/mol. The second-order valence-corrected chi connectivity index (χ2v) is 7.88. The Bertz CT molecular complexity index is 1020. The Hall–Kier alpha value is -1.90. The SMILES string of the molecule is CC(Sc1nc2sccc2c(=O)n1C)C(=O)Nc1ccc(F)cc1Cl. The highest BCUT2D eigenvalue weighted by Crippen LogP contribution is 2.27. The Balaban J connectivity index is 1.79. The highest BCUT2D eigenvalue weighted by molar-refractivity contribution is 8.00. The van der Waals surface area contributed by atoms with E-state index in [1.165, 1.54) is 39.8 Å². The maximum absolute atomic E-state index is 13.1. The summed E-state index contributed by atoms with van der Waals surface area (Å²) in [6, 6.07) is 5.48. The Labute approximate surface area is 155 Å². The quantitative estimate of drug-likeness (QED) is 0.535. The van der Waals surface area contributed by atoms with E-state index in [1.54, 1.807) is 25.4 Å². The number of nitrogens with one attached hydrogen (secondary N) is 1. The lowest BCUT2D eigenvalue weighted by atomic mass is 10.3. The molecule has 0 radical (unpaired) electrons. The van der Waals surface area contributed by atoms with Crippen LogP contribution in [-0.4, -0.2) is 20.7 Å². The molecule has 3 aromatic rings. The van der Waals surface area contributed by atoms with Gasteiger partial charge in [-0.25, -0.2) is 9.37 Å². The molecule has 9 heteroatoms. The molecule has 1 amide bonds. The van der Waals surface area contributed by atoms with E-state index >= 15 is 0 Å². The Kier molecular flexibility index (Phi) is 5.12. The number of carbonyl (C=O) groups excluding carboxylic acids is 1. The van der Waals surface area contributed by atoms with Crippen LogP contribution in [0.5, 0.6) is 0 Å². The van der Waals surface area contributed by atoms with Gasteiger partial charge in [0.1, 0.15) is 10.6 Å². The summed E-state index contributed by atoms with van der Waals surface area (Å²) in [7, 11) is 1.62. The third-order valence-corrected chi connectivity index (χ3v) is 5.77. The van der Waals surface area contributed by atoms with Crippen molar-refractivity contribution in [2.45, 2.75) is 17.3 Å². The maximum atomic E-state index is 13.1. The second-order valence-electron chi connectivity index (χ2n) is 5.27. The number of hydrogen-bond acceptors (Lipinski definition) is 5. The fourth-order valence-electron chi connectivity index (χ4n) is 2.12. The van der Waals surface area contributed by atoms with Crippen LogP contribution in [-0.2, 0) is 11.8 Å². The van der Waals surface area contributed by atoms with Crippen molar-refractivity contribution in [2.24, 2.45) is 7.05 Å². The first-order valence-corrected chi connectivity index (χ1v) is 9.37. The molecule has 0 saturated heterocycles. The van der Waals surface area contributed by atoms with E-state index < -0.39 is 11.1 Å². The van der Waals surface area contributed by atoms with Crippen LogP contribution in [0.2, 0.25) is 5.02 Å². The second kappa shape index (κ2) is 7.15. The molecule has 5 nitrogen and oxygen atoms in total. The minimum absolute atomic E-state index is 0.121. The van der Waals surface area contributed by atoms with Crippen LogP contribution in [0.15, 0.2) is 39.6 Å². The van der Waals surface area contributed by atoms with Crippen molar-refractivity contribution in [3.63, 3.8) is 0 Å². The van der Waals surface area contributed by atoms with E-state index in [1.807, 2.05) is 0 Å². The molecule has 0 aliphatic rings. The lowest BCUT2D eigenvalue weighted by molar-refractivity contribution is -0.115. The van der Waals surface area contributed by atoms with Gasteiger partial charge in [0.15, 0.2) is 5.16 Å². The standard InChI is InChI=1S/C16H13ClFN3O2S2/c1-8(13(22)19-12-4-3-9(18)7-11(12)17)25-16-20-14-10(5-6-24-14)15(23)21(16)2/h3-8H,1-2H3,(H,19,22). The van der Waals surface area contributed by atoms with Gasteiger partial charge in [-0.15, -0.1) is 11.3 Å². The van der Waals surface area contributed by atoms with E-state index in [9.17, 15) is 14.0 Å². The first kappa shape index (κ1) is 17.9. The number of thiophene rings is 1. The summed E-state index contributed by atoms with van der Waals surface area (Å²) in [5.41, 5.74) is 0.180. The highest BCUT2D eigenvalue weighted by Gasteiger charge is 2.19. The van der Waals surface area contributed by atoms with E-state index in [-0.39, 0.29) is 16.5 Å². The Morgan fingerprint density at radius 3 is 2.92 bits per heavy atom. The number of halogens is 2. The number of thioether (sulfide) groups is 1. The van der Waals surface area contributed by atoms with Crippen LogP contribution >= 0.6 is 34.7 Å². The zero-order valence-corrected chi connectivity index (χ0v) is 15.6. The maximum Gasteiger partial charge on any atom is 0.262 e. The van der Waals surface area contributed by atoms with Crippen molar-refractivity contribution in [3.05, 3.63) is 50.8 Å². The summed E-state index contributed by atoms with van der Waals surface area (Å²) in [6.07, 6.45) is 0. The fourth-order valence-corrected chi connectivity index (χ4v) is 4.02. The van der Waals surface area contributed by atoms with Gasteiger partial charge in [0.05, 0.1) is 21.3 Å². The number of nitrogens with zero attached hydrogens (tertiary/aromatic N) is 2. The smallest absolute Gasteiger partial charge is 0.262 e. The zero-order valence-electron chi connectivity index (χ0n) is 13.2. The molecule has 0 saturated carbocycles. The van der Waals surface area contributed by atoms with Crippen LogP contribution in [0.3, 0.4) is 0 Å². The molecule has 25 heavy (non-hydrogen) atoms. The van der Waals surface area contributed by atoms with Gasteiger partial charge in [0.2, 0.25) is 5.91 Å². The molecule has 1 unspecified atom stereocenters. The molecule has 3 rings (SSSR count). The molecule has 0 fully saturated rings. The molecule has 130 valence electrons. The summed E-state index contributed by atoms with van der Waals surface area (Å²) in [5.74, 6) is -0.798. The molecular formula is C16H13ClFN3O2S2. The number of aromatic nitrogens is 2. The van der Waals surface area contributed by atoms with Gasteiger partial charge in [-0.05, 0) is 36.6 Å². The number of hydrogen-bond donors (Lipinski definition) is 1. The third kappa shape index (κ3) is 3.70. The lowest BCUT2D eigenvalue weighted by Crippen LogP contribution is -2.25. The van der Waals surface area contributed by atoms with Crippen molar-refractivity contribution < 1.29 is 9.18 Å². The molecule has 0 aliphatic carbocycles. The van der Waals surface area contributed by atoms with Gasteiger partial charge in [-0.3, -0.25) is 14.2 Å². The molecular weight excluding hydrogens is 385 g/mol. The van der Waals surface area contributed by atoms with Gasteiger partial charge >= 0.3 is 0 Å². The van der Waals surface area contributed by atoms with Gasteiger partial charge < -0.3 is 5.32 Å². The number of amides is 1. The minimum Gasteiger partial charge on any atom is -0.324 e. The number of benzene rings is 1. The van der Waals surface area contributed by atoms with Gasteiger partial charge in [0.25, 0.3) is 5.56 Å². The summed E-state index contributed by atoms with van der Waals surface area (Å²) < 4.78 is 14.5. The summed E-state index contributed by atoms with van der Waals surface area (Å²) >= 11 is 8.46. The predicted molar refractivity (Wildman–Crippen MR) is 100 cm³/mol. The van der Waals surface area contributed by atoms with Crippen LogP contribution < -0.4 is 10.9 Å². The predicted octanol–water partition coefficient (Wildman–Crippen LogP) is 3.91. The van der Waals surface area contributed by atoms with Gasteiger partial charge in [-0.2, -0.15) is 0 Å². The summed E-state index contributed by atoms with van der Waals surface area (Å²) in [6.45, 7) is 1.70. The van der Waals surface area contributed by atoms with Crippen LogP contribution in [0, 0.1) is 5.82 Å². The number of anilines is 1. The topological polar surface area (TPSA) is 64.0 Å². The van der Waals surface area contributed by atoms with E-state index in [0.717, 1.165) is 6.07 Å². The largest absolute Gasteiger partial charge is 0.324 e. The average Bonchev–Trinajstić information content (AvgIpc) is 3.03. The van der Waals surface area contributed by atoms with Gasteiger partial charge in [0, 0.05) is 7.05 Å². The molecule has 2 heterocycles. The Morgan fingerprint density at radius 1 is 1.44 bits per heavy atom. The third-order valence-electron chi connectivity index (χ3n) is 3.50. The van der Waals surface area contributed by atoms with Crippen molar-refractivity contribution in [3.8, 4) is 0 Å². The normalized spacial score (nSPS) is 12.3. The first-order chi connectivity index (χ1) is 11.9. The molecule has 0 spiro atoms. The van der Waals surface area contributed by atoms with E-state index in [4.69, 9.17) is 11.6 Å². The van der Waals surface area contributed by atoms with Crippen molar-refractivity contribution >= 4 is 56.5 Å². The lowest BCUT2D eigenvalue weighted by Gasteiger charge is -2.14. The molecule has 1 aromatic carbocycles. The number of rotatable bonds is 4.